The molecule has 6 nitrogen and oxygen atoms in total. The number of aromatic nitrogens is 3. The number of carbonyl (C=O) groups is 1. The third kappa shape index (κ3) is 2.82. The van der Waals surface area contributed by atoms with Crippen molar-refractivity contribution in [2.75, 3.05) is 6.61 Å². The van der Waals surface area contributed by atoms with Crippen LogP contribution in [0.3, 0.4) is 0 Å². The molecule has 1 aromatic heterocycles. The predicted molar refractivity (Wildman–Crippen MR) is 61.4 cm³/mol. The highest BCUT2D eigenvalue weighted by atomic mass is 16.3. The SMILES string of the molecule is Cc1nc(C(=O)NC2CCCCC2CO)n[nH]1. The molecular weight excluding hydrogens is 220 g/mol. The Labute approximate surface area is 99.8 Å². The lowest BCUT2D eigenvalue weighted by molar-refractivity contribution is 0.0862. The largest absolute Gasteiger partial charge is 0.396 e. The van der Waals surface area contributed by atoms with Gasteiger partial charge in [-0.05, 0) is 19.8 Å². The van der Waals surface area contributed by atoms with Gasteiger partial charge in [-0.2, -0.15) is 0 Å². The molecule has 1 aliphatic carbocycles. The molecule has 0 bridgehead atoms. The molecule has 2 unspecified atom stereocenters. The normalized spacial score (nSPS) is 24.6. The quantitative estimate of drug-likeness (QED) is 0.710. The van der Waals surface area contributed by atoms with Crippen LogP contribution >= 0.6 is 0 Å². The van der Waals surface area contributed by atoms with Crippen molar-refractivity contribution in [2.45, 2.75) is 38.6 Å². The maximum Gasteiger partial charge on any atom is 0.291 e. The predicted octanol–water partition coefficient (Wildman–Crippen LogP) is 0.394. The summed E-state index contributed by atoms with van der Waals surface area (Å²) in [6, 6.07) is 0.0417. The van der Waals surface area contributed by atoms with Crippen LogP contribution in [-0.2, 0) is 0 Å². The van der Waals surface area contributed by atoms with Crippen molar-refractivity contribution in [2.24, 2.45) is 5.92 Å². The number of hydrogen-bond acceptors (Lipinski definition) is 4. The molecule has 0 radical (unpaired) electrons. The first kappa shape index (κ1) is 12.0. The van der Waals surface area contributed by atoms with Crippen LogP contribution in [0.4, 0.5) is 0 Å². The molecule has 3 N–H and O–H groups in total. The summed E-state index contributed by atoms with van der Waals surface area (Å²) in [6.45, 7) is 1.87. The third-order valence-electron chi connectivity index (χ3n) is 3.26. The van der Waals surface area contributed by atoms with Gasteiger partial charge in [0.1, 0.15) is 5.82 Å². The van der Waals surface area contributed by atoms with Gasteiger partial charge in [-0.15, -0.1) is 5.10 Å². The van der Waals surface area contributed by atoms with E-state index < -0.39 is 0 Å². The van der Waals surface area contributed by atoms with Crippen LogP contribution in [0, 0.1) is 12.8 Å². The lowest BCUT2D eigenvalue weighted by atomic mass is 9.85. The second-order valence-corrected chi connectivity index (χ2v) is 4.55. The van der Waals surface area contributed by atoms with Crippen LogP contribution in [0.1, 0.15) is 42.1 Å². The maximum absolute atomic E-state index is 11.8. The molecule has 1 aliphatic rings. The van der Waals surface area contributed by atoms with Crippen molar-refractivity contribution in [1.82, 2.24) is 20.5 Å². The summed E-state index contributed by atoms with van der Waals surface area (Å²) in [5.41, 5.74) is 0. The van der Waals surface area contributed by atoms with E-state index in [1.54, 1.807) is 6.92 Å². The third-order valence-corrected chi connectivity index (χ3v) is 3.26. The van der Waals surface area contributed by atoms with Crippen LogP contribution in [-0.4, -0.2) is 38.8 Å². The summed E-state index contributed by atoms with van der Waals surface area (Å²) in [7, 11) is 0. The Bertz CT molecular complexity index is 391. The first-order chi connectivity index (χ1) is 8.20. The van der Waals surface area contributed by atoms with Crippen LogP contribution in [0.25, 0.3) is 0 Å². The first-order valence-corrected chi connectivity index (χ1v) is 6.01. The molecule has 17 heavy (non-hydrogen) atoms. The Morgan fingerprint density at radius 3 is 2.94 bits per heavy atom. The molecule has 2 rings (SSSR count). The summed E-state index contributed by atoms with van der Waals surface area (Å²) in [5.74, 6) is 0.690. The van der Waals surface area contributed by atoms with E-state index in [-0.39, 0.29) is 30.3 Å². The minimum Gasteiger partial charge on any atom is -0.396 e. The zero-order valence-electron chi connectivity index (χ0n) is 9.94. The average molecular weight is 238 g/mol. The average Bonchev–Trinajstić information content (AvgIpc) is 2.77. The Hall–Kier alpha value is -1.43. The molecule has 94 valence electrons. The topological polar surface area (TPSA) is 90.9 Å². The molecule has 1 saturated carbocycles. The van der Waals surface area contributed by atoms with Gasteiger partial charge in [-0.3, -0.25) is 9.89 Å². The number of H-pyrrole nitrogens is 1. The molecule has 0 aliphatic heterocycles. The lowest BCUT2D eigenvalue weighted by Gasteiger charge is -2.30. The number of aryl methyl sites for hydroxylation is 1. The van der Waals surface area contributed by atoms with Gasteiger partial charge >= 0.3 is 0 Å². The van der Waals surface area contributed by atoms with E-state index in [2.05, 4.69) is 20.5 Å². The van der Waals surface area contributed by atoms with E-state index in [9.17, 15) is 9.90 Å². The molecule has 2 atom stereocenters. The zero-order valence-corrected chi connectivity index (χ0v) is 9.94. The molecule has 0 spiro atoms. The van der Waals surface area contributed by atoms with Gasteiger partial charge in [0, 0.05) is 18.6 Å². The number of aliphatic hydroxyl groups excluding tert-OH is 1. The van der Waals surface area contributed by atoms with Gasteiger partial charge in [0.05, 0.1) is 0 Å². The highest BCUT2D eigenvalue weighted by molar-refractivity contribution is 5.90. The van der Waals surface area contributed by atoms with Gasteiger partial charge in [0.2, 0.25) is 5.82 Å². The Kier molecular flexibility index (Phi) is 3.73. The van der Waals surface area contributed by atoms with Crippen molar-refractivity contribution in [3.05, 3.63) is 11.6 Å². The first-order valence-electron chi connectivity index (χ1n) is 6.01. The molecule has 1 amide bonds. The minimum absolute atomic E-state index is 0.0417. The molecule has 6 heteroatoms. The number of carbonyl (C=O) groups excluding carboxylic acids is 1. The fraction of sp³-hybridized carbons (Fsp3) is 0.727. The van der Waals surface area contributed by atoms with E-state index in [1.165, 1.54) is 0 Å². The molecule has 0 saturated heterocycles. The van der Waals surface area contributed by atoms with E-state index in [0.717, 1.165) is 25.7 Å². The maximum atomic E-state index is 11.8. The molecular formula is C11H18N4O2. The van der Waals surface area contributed by atoms with E-state index in [1.807, 2.05) is 0 Å². The van der Waals surface area contributed by atoms with Gasteiger partial charge < -0.3 is 10.4 Å². The second-order valence-electron chi connectivity index (χ2n) is 4.55. The highest BCUT2D eigenvalue weighted by Gasteiger charge is 2.27. The Balaban J connectivity index is 1.97. The van der Waals surface area contributed by atoms with Crippen LogP contribution in [0.5, 0.6) is 0 Å². The highest BCUT2D eigenvalue weighted by Crippen LogP contribution is 2.24. The number of rotatable bonds is 3. The number of hydrogen-bond donors (Lipinski definition) is 3. The van der Waals surface area contributed by atoms with Crippen molar-refractivity contribution in [3.63, 3.8) is 0 Å². The Morgan fingerprint density at radius 2 is 2.29 bits per heavy atom. The molecule has 1 heterocycles. The summed E-state index contributed by atoms with van der Waals surface area (Å²) in [5, 5.41) is 18.6. The van der Waals surface area contributed by atoms with Gasteiger partial charge in [0.15, 0.2) is 0 Å². The van der Waals surface area contributed by atoms with Crippen LogP contribution < -0.4 is 5.32 Å². The monoisotopic (exact) mass is 238 g/mol. The Morgan fingerprint density at radius 1 is 1.53 bits per heavy atom. The number of aliphatic hydroxyl groups is 1. The second kappa shape index (κ2) is 5.27. The zero-order chi connectivity index (χ0) is 12.3. The van der Waals surface area contributed by atoms with Crippen molar-refractivity contribution >= 4 is 5.91 Å². The fourth-order valence-electron chi connectivity index (χ4n) is 2.29. The van der Waals surface area contributed by atoms with Crippen molar-refractivity contribution in [3.8, 4) is 0 Å². The molecule has 1 fully saturated rings. The van der Waals surface area contributed by atoms with Crippen LogP contribution in [0.15, 0.2) is 0 Å². The van der Waals surface area contributed by atoms with Gasteiger partial charge in [-0.1, -0.05) is 12.8 Å². The number of amides is 1. The summed E-state index contributed by atoms with van der Waals surface area (Å²) in [4.78, 5) is 15.8. The minimum atomic E-state index is -0.264. The van der Waals surface area contributed by atoms with Crippen LogP contribution in [0.2, 0.25) is 0 Å². The summed E-state index contributed by atoms with van der Waals surface area (Å²) < 4.78 is 0. The van der Waals surface area contributed by atoms with Gasteiger partial charge in [-0.25, -0.2) is 4.98 Å². The lowest BCUT2D eigenvalue weighted by Crippen LogP contribution is -2.43. The summed E-state index contributed by atoms with van der Waals surface area (Å²) >= 11 is 0. The van der Waals surface area contributed by atoms with E-state index in [4.69, 9.17) is 0 Å². The molecule has 1 aromatic rings. The standard InChI is InChI=1S/C11H18N4O2/c1-7-12-10(15-14-7)11(17)13-9-5-3-2-4-8(9)6-16/h8-9,16H,2-6H2,1H3,(H,13,17)(H,12,14,15). The van der Waals surface area contributed by atoms with Crippen molar-refractivity contribution in [1.29, 1.82) is 0 Å². The smallest absolute Gasteiger partial charge is 0.291 e. The van der Waals surface area contributed by atoms with E-state index in [0.29, 0.717) is 5.82 Å². The van der Waals surface area contributed by atoms with Gasteiger partial charge in [0.25, 0.3) is 5.91 Å². The van der Waals surface area contributed by atoms with E-state index >= 15 is 0 Å². The number of nitrogens with zero attached hydrogens (tertiary/aromatic N) is 2. The number of nitrogens with one attached hydrogen (secondary N) is 2. The van der Waals surface area contributed by atoms with Crippen molar-refractivity contribution < 1.29 is 9.90 Å². The fourth-order valence-corrected chi connectivity index (χ4v) is 2.29. The molecule has 0 aromatic carbocycles. The summed E-state index contributed by atoms with van der Waals surface area (Å²) in [6.07, 6.45) is 4.10. The number of aromatic amines is 1.